The maximum absolute atomic E-state index is 4.76. The summed E-state index contributed by atoms with van der Waals surface area (Å²) in [5, 5.41) is 1.19. The summed E-state index contributed by atoms with van der Waals surface area (Å²) in [6, 6.07) is 16.9. The van der Waals surface area contributed by atoms with E-state index in [0.717, 1.165) is 11.2 Å². The standard InChI is InChI=1S/C18H17N/c1-12-10-16(11-13(2)14(12)3)18-9-8-15-6-4-5-7-17(15)19-18/h4-11H,1-3H3. The number of hydrogen-bond donors (Lipinski definition) is 0. The number of aromatic nitrogens is 1. The van der Waals surface area contributed by atoms with Gasteiger partial charge < -0.3 is 0 Å². The van der Waals surface area contributed by atoms with Crippen LogP contribution in [0, 0.1) is 20.8 Å². The fraction of sp³-hybridized carbons (Fsp3) is 0.167. The molecule has 0 unspecified atom stereocenters. The van der Waals surface area contributed by atoms with Gasteiger partial charge in [0.1, 0.15) is 0 Å². The Kier molecular flexibility index (Phi) is 2.83. The fourth-order valence-corrected chi connectivity index (χ4v) is 2.41. The lowest BCUT2D eigenvalue weighted by molar-refractivity contribution is 1.26. The molecule has 0 radical (unpaired) electrons. The van der Waals surface area contributed by atoms with Gasteiger partial charge in [0, 0.05) is 10.9 Å². The zero-order valence-electron chi connectivity index (χ0n) is 11.6. The first-order chi connectivity index (χ1) is 9.15. The van der Waals surface area contributed by atoms with E-state index in [2.05, 4.69) is 57.2 Å². The summed E-state index contributed by atoms with van der Waals surface area (Å²) in [5.74, 6) is 0. The normalized spacial score (nSPS) is 10.9. The number of para-hydroxylation sites is 1. The lowest BCUT2D eigenvalue weighted by atomic mass is 9.98. The zero-order chi connectivity index (χ0) is 13.4. The van der Waals surface area contributed by atoms with Gasteiger partial charge in [-0.25, -0.2) is 4.98 Å². The summed E-state index contributed by atoms with van der Waals surface area (Å²) in [7, 11) is 0. The average Bonchev–Trinajstić information content (AvgIpc) is 2.43. The van der Waals surface area contributed by atoms with Gasteiger partial charge in [0.25, 0.3) is 0 Å². The molecule has 0 aliphatic carbocycles. The van der Waals surface area contributed by atoms with Crippen LogP contribution >= 0.6 is 0 Å². The Morgan fingerprint density at radius 1 is 0.789 bits per heavy atom. The molecule has 0 saturated heterocycles. The number of rotatable bonds is 1. The number of fused-ring (bicyclic) bond motifs is 1. The second-order valence-electron chi connectivity index (χ2n) is 5.12. The van der Waals surface area contributed by atoms with Crippen LogP contribution in [-0.4, -0.2) is 4.98 Å². The molecular formula is C18H17N. The van der Waals surface area contributed by atoms with Crippen molar-refractivity contribution >= 4 is 10.9 Å². The van der Waals surface area contributed by atoms with Crippen molar-refractivity contribution < 1.29 is 0 Å². The molecule has 2 aromatic carbocycles. The first-order valence-corrected chi connectivity index (χ1v) is 6.59. The number of aryl methyl sites for hydroxylation is 2. The number of hydrogen-bond acceptors (Lipinski definition) is 1. The molecule has 0 bridgehead atoms. The van der Waals surface area contributed by atoms with Crippen LogP contribution in [0.2, 0.25) is 0 Å². The first-order valence-electron chi connectivity index (χ1n) is 6.59. The number of nitrogens with zero attached hydrogens (tertiary/aromatic N) is 1. The molecule has 1 heterocycles. The van der Waals surface area contributed by atoms with Crippen LogP contribution in [0.15, 0.2) is 48.5 Å². The van der Waals surface area contributed by atoms with Crippen molar-refractivity contribution in [2.75, 3.05) is 0 Å². The van der Waals surface area contributed by atoms with Crippen molar-refractivity contribution in [1.29, 1.82) is 0 Å². The predicted octanol–water partition coefficient (Wildman–Crippen LogP) is 4.83. The Morgan fingerprint density at radius 2 is 1.47 bits per heavy atom. The van der Waals surface area contributed by atoms with Crippen molar-refractivity contribution in [1.82, 2.24) is 4.98 Å². The Morgan fingerprint density at radius 3 is 2.21 bits per heavy atom. The molecule has 1 aromatic heterocycles. The Labute approximate surface area is 113 Å². The lowest BCUT2D eigenvalue weighted by Gasteiger charge is -2.09. The van der Waals surface area contributed by atoms with E-state index in [4.69, 9.17) is 4.98 Å². The molecule has 19 heavy (non-hydrogen) atoms. The molecule has 3 aromatic rings. The van der Waals surface area contributed by atoms with Crippen LogP contribution in [0.1, 0.15) is 16.7 Å². The van der Waals surface area contributed by atoms with Gasteiger partial charge in [-0.3, -0.25) is 0 Å². The molecular weight excluding hydrogens is 230 g/mol. The molecule has 0 aliphatic heterocycles. The topological polar surface area (TPSA) is 12.9 Å². The zero-order valence-corrected chi connectivity index (χ0v) is 11.6. The summed E-state index contributed by atoms with van der Waals surface area (Å²) in [6.07, 6.45) is 0. The lowest BCUT2D eigenvalue weighted by Crippen LogP contribution is -1.91. The highest BCUT2D eigenvalue weighted by molar-refractivity contribution is 5.81. The summed E-state index contributed by atoms with van der Waals surface area (Å²) in [5.41, 5.74) is 7.31. The molecule has 1 nitrogen and oxygen atoms in total. The smallest absolute Gasteiger partial charge is 0.0709 e. The van der Waals surface area contributed by atoms with Crippen LogP contribution in [0.3, 0.4) is 0 Å². The predicted molar refractivity (Wildman–Crippen MR) is 81.4 cm³/mol. The second-order valence-corrected chi connectivity index (χ2v) is 5.12. The van der Waals surface area contributed by atoms with Gasteiger partial charge in [0.2, 0.25) is 0 Å². The maximum atomic E-state index is 4.76. The number of pyridine rings is 1. The Hall–Kier alpha value is -2.15. The fourth-order valence-electron chi connectivity index (χ4n) is 2.41. The highest BCUT2D eigenvalue weighted by atomic mass is 14.7. The third-order valence-electron chi connectivity index (χ3n) is 3.82. The van der Waals surface area contributed by atoms with E-state index in [1.807, 2.05) is 12.1 Å². The van der Waals surface area contributed by atoms with Crippen molar-refractivity contribution in [3.05, 3.63) is 65.2 Å². The largest absolute Gasteiger partial charge is 0.248 e. The quantitative estimate of drug-likeness (QED) is 0.600. The summed E-state index contributed by atoms with van der Waals surface area (Å²) >= 11 is 0. The minimum Gasteiger partial charge on any atom is -0.248 e. The molecule has 94 valence electrons. The third-order valence-corrected chi connectivity index (χ3v) is 3.82. The Bertz CT molecular complexity index is 733. The molecule has 0 N–H and O–H groups in total. The monoisotopic (exact) mass is 247 g/mol. The van der Waals surface area contributed by atoms with Gasteiger partial charge >= 0.3 is 0 Å². The van der Waals surface area contributed by atoms with E-state index in [1.54, 1.807) is 0 Å². The molecule has 0 saturated carbocycles. The van der Waals surface area contributed by atoms with Crippen LogP contribution in [0.25, 0.3) is 22.2 Å². The third kappa shape index (κ3) is 2.12. The molecule has 0 spiro atoms. The SMILES string of the molecule is Cc1cc(-c2ccc3ccccc3n2)cc(C)c1C. The van der Waals surface area contributed by atoms with Crippen molar-refractivity contribution in [2.24, 2.45) is 0 Å². The summed E-state index contributed by atoms with van der Waals surface area (Å²) < 4.78 is 0. The molecule has 0 amide bonds. The van der Waals surface area contributed by atoms with Crippen LogP contribution in [0.5, 0.6) is 0 Å². The van der Waals surface area contributed by atoms with Gasteiger partial charge in [-0.1, -0.05) is 24.3 Å². The van der Waals surface area contributed by atoms with Gasteiger partial charge in [-0.15, -0.1) is 0 Å². The van der Waals surface area contributed by atoms with E-state index in [-0.39, 0.29) is 0 Å². The molecule has 3 rings (SSSR count). The highest BCUT2D eigenvalue weighted by Gasteiger charge is 2.05. The molecule has 0 fully saturated rings. The van der Waals surface area contributed by atoms with E-state index in [9.17, 15) is 0 Å². The summed E-state index contributed by atoms with van der Waals surface area (Å²) in [6.45, 7) is 6.49. The van der Waals surface area contributed by atoms with Gasteiger partial charge in [-0.2, -0.15) is 0 Å². The van der Waals surface area contributed by atoms with Crippen molar-refractivity contribution in [3.63, 3.8) is 0 Å². The van der Waals surface area contributed by atoms with E-state index >= 15 is 0 Å². The van der Waals surface area contributed by atoms with Crippen LogP contribution in [0.4, 0.5) is 0 Å². The number of benzene rings is 2. The van der Waals surface area contributed by atoms with Gasteiger partial charge in [0.15, 0.2) is 0 Å². The minimum absolute atomic E-state index is 1.05. The van der Waals surface area contributed by atoms with E-state index in [0.29, 0.717) is 0 Å². The Balaban J connectivity index is 2.19. The average molecular weight is 247 g/mol. The van der Waals surface area contributed by atoms with Crippen molar-refractivity contribution in [2.45, 2.75) is 20.8 Å². The molecule has 0 aliphatic rings. The summed E-state index contributed by atoms with van der Waals surface area (Å²) in [4.78, 5) is 4.76. The highest BCUT2D eigenvalue weighted by Crippen LogP contribution is 2.25. The molecule has 1 heteroatoms. The molecule has 0 atom stereocenters. The van der Waals surface area contributed by atoms with Crippen molar-refractivity contribution in [3.8, 4) is 11.3 Å². The van der Waals surface area contributed by atoms with E-state index in [1.165, 1.54) is 27.6 Å². The van der Waals surface area contributed by atoms with Gasteiger partial charge in [0.05, 0.1) is 11.2 Å². The maximum Gasteiger partial charge on any atom is 0.0709 e. The van der Waals surface area contributed by atoms with Gasteiger partial charge in [-0.05, 0) is 61.7 Å². The van der Waals surface area contributed by atoms with Crippen LogP contribution < -0.4 is 0 Å². The first kappa shape index (κ1) is 11.9. The second kappa shape index (κ2) is 4.51. The van der Waals surface area contributed by atoms with Crippen LogP contribution in [-0.2, 0) is 0 Å². The minimum atomic E-state index is 1.05. The van der Waals surface area contributed by atoms with E-state index < -0.39 is 0 Å².